The average Bonchev–Trinajstić information content (AvgIpc) is 2.78. The summed E-state index contributed by atoms with van der Waals surface area (Å²) in [4.78, 5) is 15.3. The summed E-state index contributed by atoms with van der Waals surface area (Å²) in [5, 5.41) is 9.37. The first-order chi connectivity index (χ1) is 7.83. The van der Waals surface area contributed by atoms with E-state index in [-0.39, 0.29) is 5.91 Å². The van der Waals surface area contributed by atoms with Crippen molar-refractivity contribution in [2.75, 3.05) is 20.3 Å². The van der Waals surface area contributed by atoms with Crippen molar-refractivity contribution in [1.82, 2.24) is 20.5 Å². The summed E-state index contributed by atoms with van der Waals surface area (Å²) in [6, 6.07) is 0. The molecule has 0 fully saturated rings. The fourth-order valence-electron chi connectivity index (χ4n) is 1.30. The number of ether oxygens (including phenoxy) is 1. The topological polar surface area (TPSA) is 79.9 Å². The van der Waals surface area contributed by atoms with Gasteiger partial charge in [-0.2, -0.15) is 5.10 Å². The molecular formula is C10H18N4O2. The molecule has 0 saturated heterocycles. The highest BCUT2D eigenvalue weighted by atomic mass is 16.5. The molecule has 1 rings (SSSR count). The summed E-state index contributed by atoms with van der Waals surface area (Å²) < 4.78 is 4.87. The first kappa shape index (κ1) is 12.6. The summed E-state index contributed by atoms with van der Waals surface area (Å²) in [7, 11) is 1.63. The Balaban J connectivity index is 1.96. The number of nitrogens with zero attached hydrogens (tertiary/aromatic N) is 2. The molecule has 0 aliphatic carbocycles. The number of methoxy groups -OCH3 is 1. The van der Waals surface area contributed by atoms with E-state index in [2.05, 4.69) is 20.5 Å². The third-order valence-electron chi connectivity index (χ3n) is 2.13. The van der Waals surface area contributed by atoms with Crippen LogP contribution in [-0.2, 0) is 16.0 Å². The minimum absolute atomic E-state index is 0.0784. The maximum atomic E-state index is 11.3. The molecular weight excluding hydrogens is 208 g/mol. The summed E-state index contributed by atoms with van der Waals surface area (Å²) in [5.41, 5.74) is 0. The average molecular weight is 226 g/mol. The minimum Gasteiger partial charge on any atom is -0.385 e. The Morgan fingerprint density at radius 3 is 3.12 bits per heavy atom. The fourth-order valence-corrected chi connectivity index (χ4v) is 1.30. The van der Waals surface area contributed by atoms with Gasteiger partial charge in [-0.3, -0.25) is 9.89 Å². The number of aromatic nitrogens is 3. The number of aromatic amines is 1. The van der Waals surface area contributed by atoms with E-state index in [1.54, 1.807) is 7.11 Å². The smallest absolute Gasteiger partial charge is 0.220 e. The Labute approximate surface area is 94.8 Å². The maximum absolute atomic E-state index is 11.3. The molecule has 16 heavy (non-hydrogen) atoms. The molecule has 0 aliphatic heterocycles. The van der Waals surface area contributed by atoms with Crippen LogP contribution in [0.4, 0.5) is 0 Å². The van der Waals surface area contributed by atoms with Gasteiger partial charge in [0, 0.05) is 33.1 Å². The lowest BCUT2D eigenvalue weighted by Gasteiger charge is -2.03. The van der Waals surface area contributed by atoms with Gasteiger partial charge >= 0.3 is 0 Å². The number of amides is 1. The van der Waals surface area contributed by atoms with E-state index in [0.717, 1.165) is 25.1 Å². The second kappa shape index (κ2) is 7.81. The Morgan fingerprint density at radius 1 is 1.56 bits per heavy atom. The normalized spacial score (nSPS) is 10.3. The van der Waals surface area contributed by atoms with Crippen molar-refractivity contribution in [1.29, 1.82) is 0 Å². The van der Waals surface area contributed by atoms with E-state index in [4.69, 9.17) is 4.74 Å². The van der Waals surface area contributed by atoms with Crippen LogP contribution in [0.15, 0.2) is 6.33 Å². The molecule has 1 aromatic heterocycles. The standard InChI is InChI=1S/C10H18N4O2/c1-16-7-3-5-10(15)11-6-2-4-9-12-8-13-14-9/h8H,2-7H2,1H3,(H,11,15)(H,12,13,14). The van der Waals surface area contributed by atoms with Gasteiger partial charge in [0.25, 0.3) is 0 Å². The predicted molar refractivity (Wildman–Crippen MR) is 58.8 cm³/mol. The number of hydrogen-bond donors (Lipinski definition) is 2. The molecule has 6 heteroatoms. The van der Waals surface area contributed by atoms with Crippen LogP contribution >= 0.6 is 0 Å². The number of nitrogens with one attached hydrogen (secondary N) is 2. The van der Waals surface area contributed by atoms with E-state index >= 15 is 0 Å². The first-order valence-electron chi connectivity index (χ1n) is 5.43. The molecule has 1 aromatic rings. The summed E-state index contributed by atoms with van der Waals surface area (Å²) >= 11 is 0. The van der Waals surface area contributed by atoms with Crippen LogP contribution in [0.1, 0.15) is 25.1 Å². The zero-order chi connectivity index (χ0) is 11.6. The number of H-pyrrole nitrogens is 1. The summed E-state index contributed by atoms with van der Waals surface area (Å²) in [5.74, 6) is 0.934. The molecule has 0 saturated carbocycles. The van der Waals surface area contributed by atoms with Gasteiger partial charge in [0.15, 0.2) is 0 Å². The van der Waals surface area contributed by atoms with Crippen LogP contribution in [-0.4, -0.2) is 41.3 Å². The van der Waals surface area contributed by atoms with Gasteiger partial charge < -0.3 is 10.1 Å². The van der Waals surface area contributed by atoms with Crippen LogP contribution in [0, 0.1) is 0 Å². The molecule has 0 spiro atoms. The molecule has 90 valence electrons. The molecule has 0 bridgehead atoms. The van der Waals surface area contributed by atoms with Crippen LogP contribution in [0.3, 0.4) is 0 Å². The second-order valence-corrected chi connectivity index (χ2v) is 3.48. The molecule has 0 aromatic carbocycles. The van der Waals surface area contributed by atoms with Gasteiger partial charge in [0.2, 0.25) is 5.91 Å². The monoisotopic (exact) mass is 226 g/mol. The quantitative estimate of drug-likeness (QED) is 0.624. The molecule has 1 heterocycles. The SMILES string of the molecule is COCCCC(=O)NCCCc1ncn[nH]1. The highest BCUT2D eigenvalue weighted by molar-refractivity contribution is 5.75. The predicted octanol–water partition coefficient (Wildman–Crippen LogP) is 0.280. The van der Waals surface area contributed by atoms with E-state index in [1.807, 2.05) is 0 Å². The van der Waals surface area contributed by atoms with Crippen LogP contribution in [0.2, 0.25) is 0 Å². The summed E-state index contributed by atoms with van der Waals surface area (Å²) in [6.45, 7) is 1.30. The molecule has 0 aliphatic rings. The van der Waals surface area contributed by atoms with Gasteiger partial charge in [0.1, 0.15) is 12.2 Å². The van der Waals surface area contributed by atoms with Crippen molar-refractivity contribution < 1.29 is 9.53 Å². The lowest BCUT2D eigenvalue weighted by Crippen LogP contribution is -2.24. The van der Waals surface area contributed by atoms with Crippen molar-refractivity contribution >= 4 is 5.91 Å². The lowest BCUT2D eigenvalue weighted by atomic mass is 10.2. The van der Waals surface area contributed by atoms with E-state index in [1.165, 1.54) is 6.33 Å². The number of hydrogen-bond acceptors (Lipinski definition) is 4. The molecule has 0 radical (unpaired) electrons. The number of rotatable bonds is 8. The highest BCUT2D eigenvalue weighted by Crippen LogP contribution is 1.93. The van der Waals surface area contributed by atoms with Crippen LogP contribution in [0.5, 0.6) is 0 Å². The number of carbonyl (C=O) groups is 1. The van der Waals surface area contributed by atoms with Crippen molar-refractivity contribution in [2.24, 2.45) is 0 Å². The summed E-state index contributed by atoms with van der Waals surface area (Å²) in [6.07, 6.45) is 4.45. The Kier molecular flexibility index (Phi) is 6.17. The fraction of sp³-hybridized carbons (Fsp3) is 0.700. The number of carbonyl (C=O) groups excluding carboxylic acids is 1. The molecule has 1 amide bonds. The van der Waals surface area contributed by atoms with Crippen molar-refractivity contribution in [3.05, 3.63) is 12.2 Å². The van der Waals surface area contributed by atoms with Gasteiger partial charge in [-0.25, -0.2) is 4.98 Å². The highest BCUT2D eigenvalue weighted by Gasteiger charge is 2.00. The third kappa shape index (κ3) is 5.45. The van der Waals surface area contributed by atoms with E-state index in [0.29, 0.717) is 19.6 Å². The van der Waals surface area contributed by atoms with Gasteiger partial charge in [-0.15, -0.1) is 0 Å². The van der Waals surface area contributed by atoms with E-state index < -0.39 is 0 Å². The van der Waals surface area contributed by atoms with E-state index in [9.17, 15) is 4.79 Å². The zero-order valence-corrected chi connectivity index (χ0v) is 9.53. The molecule has 0 atom stereocenters. The Bertz CT molecular complexity index is 287. The van der Waals surface area contributed by atoms with Crippen molar-refractivity contribution in [3.63, 3.8) is 0 Å². The van der Waals surface area contributed by atoms with Crippen molar-refractivity contribution in [2.45, 2.75) is 25.7 Å². The maximum Gasteiger partial charge on any atom is 0.220 e. The molecule has 2 N–H and O–H groups in total. The molecule has 0 unspecified atom stereocenters. The zero-order valence-electron chi connectivity index (χ0n) is 9.53. The van der Waals surface area contributed by atoms with Crippen molar-refractivity contribution in [3.8, 4) is 0 Å². The van der Waals surface area contributed by atoms with Crippen LogP contribution in [0.25, 0.3) is 0 Å². The number of aryl methyl sites for hydroxylation is 1. The Hall–Kier alpha value is -1.43. The second-order valence-electron chi connectivity index (χ2n) is 3.48. The largest absolute Gasteiger partial charge is 0.385 e. The van der Waals surface area contributed by atoms with Crippen LogP contribution < -0.4 is 5.32 Å². The van der Waals surface area contributed by atoms with Gasteiger partial charge in [0.05, 0.1) is 0 Å². The third-order valence-corrected chi connectivity index (χ3v) is 2.13. The Morgan fingerprint density at radius 2 is 2.44 bits per heavy atom. The molecule has 6 nitrogen and oxygen atoms in total. The van der Waals surface area contributed by atoms with Gasteiger partial charge in [-0.05, 0) is 12.8 Å². The van der Waals surface area contributed by atoms with Gasteiger partial charge in [-0.1, -0.05) is 0 Å². The minimum atomic E-state index is 0.0784. The first-order valence-corrected chi connectivity index (χ1v) is 5.43. The lowest BCUT2D eigenvalue weighted by molar-refractivity contribution is -0.121.